The Morgan fingerprint density at radius 3 is 2.41 bits per heavy atom. The van der Waals surface area contributed by atoms with Crippen molar-refractivity contribution >= 4 is 22.4 Å². The number of fused-ring (bicyclic) bond motifs is 1. The van der Waals surface area contributed by atoms with Gasteiger partial charge in [-0.15, -0.1) is 0 Å². The zero-order valence-corrected chi connectivity index (χ0v) is 10.9. The van der Waals surface area contributed by atoms with Crippen LogP contribution in [-0.2, 0) is 0 Å². The highest BCUT2D eigenvalue weighted by Gasteiger charge is 2.17. The van der Waals surface area contributed by atoms with Crippen LogP contribution in [-0.4, -0.2) is 5.11 Å². The van der Waals surface area contributed by atoms with E-state index in [0.29, 0.717) is 0 Å². The summed E-state index contributed by atoms with van der Waals surface area (Å²) in [5.41, 5.74) is 0.972. The first-order chi connectivity index (χ1) is 8.15. The Morgan fingerprint density at radius 2 is 1.76 bits per heavy atom. The quantitative estimate of drug-likeness (QED) is 0.844. The molecular formula is C15H17ClO. The van der Waals surface area contributed by atoms with Crippen molar-refractivity contribution in [2.24, 2.45) is 5.92 Å². The van der Waals surface area contributed by atoms with E-state index in [4.69, 9.17) is 11.6 Å². The van der Waals surface area contributed by atoms with Crippen molar-refractivity contribution in [2.45, 2.75) is 26.4 Å². The van der Waals surface area contributed by atoms with E-state index in [0.717, 1.165) is 27.8 Å². The average molecular weight is 249 g/mol. The van der Waals surface area contributed by atoms with E-state index in [9.17, 15) is 5.11 Å². The van der Waals surface area contributed by atoms with Crippen LogP contribution in [0.4, 0.5) is 0 Å². The highest BCUT2D eigenvalue weighted by molar-refractivity contribution is 6.35. The van der Waals surface area contributed by atoms with E-state index in [2.05, 4.69) is 13.8 Å². The monoisotopic (exact) mass is 248 g/mol. The van der Waals surface area contributed by atoms with Crippen LogP contribution in [0, 0.1) is 5.92 Å². The smallest absolute Gasteiger partial charge is 0.0821 e. The van der Waals surface area contributed by atoms with Gasteiger partial charge in [-0.05, 0) is 22.9 Å². The minimum atomic E-state index is -0.429. The maximum Gasteiger partial charge on any atom is 0.0821 e. The summed E-state index contributed by atoms with van der Waals surface area (Å²) in [6.45, 7) is 4.15. The lowest BCUT2D eigenvalue weighted by Crippen LogP contribution is -2.08. The topological polar surface area (TPSA) is 20.2 Å². The molecule has 1 N–H and O–H groups in total. The third-order valence-electron chi connectivity index (χ3n) is 3.41. The van der Waals surface area contributed by atoms with Gasteiger partial charge in [0.15, 0.2) is 0 Å². The molecule has 1 nitrogen and oxygen atoms in total. The molecule has 0 spiro atoms. The van der Waals surface area contributed by atoms with Crippen LogP contribution in [0.5, 0.6) is 0 Å². The fraction of sp³-hybridized carbons (Fsp3) is 0.333. The molecule has 2 atom stereocenters. The second-order valence-electron chi connectivity index (χ2n) is 4.51. The molecule has 0 saturated heterocycles. The van der Waals surface area contributed by atoms with Gasteiger partial charge in [0.25, 0.3) is 0 Å². The van der Waals surface area contributed by atoms with Gasteiger partial charge in [-0.1, -0.05) is 62.2 Å². The molecule has 2 aromatic rings. The number of aliphatic hydroxyl groups excluding tert-OH is 1. The summed E-state index contributed by atoms with van der Waals surface area (Å²) in [6.07, 6.45) is 0.528. The molecule has 0 saturated carbocycles. The standard InChI is InChI=1S/C15H17ClO/c1-3-10(2)15(17)13-8-9-14(16)12-7-5-4-6-11(12)13/h4-10,15,17H,3H2,1-2H3. The van der Waals surface area contributed by atoms with Gasteiger partial charge >= 0.3 is 0 Å². The molecule has 0 radical (unpaired) electrons. The maximum absolute atomic E-state index is 10.3. The summed E-state index contributed by atoms with van der Waals surface area (Å²) in [5, 5.41) is 13.1. The van der Waals surface area contributed by atoms with Crippen LogP contribution in [0.2, 0.25) is 5.02 Å². The summed E-state index contributed by atoms with van der Waals surface area (Å²) < 4.78 is 0. The van der Waals surface area contributed by atoms with Crippen LogP contribution < -0.4 is 0 Å². The van der Waals surface area contributed by atoms with Gasteiger partial charge in [0.2, 0.25) is 0 Å². The third-order valence-corrected chi connectivity index (χ3v) is 3.74. The summed E-state index contributed by atoms with van der Waals surface area (Å²) in [7, 11) is 0. The van der Waals surface area contributed by atoms with E-state index < -0.39 is 6.10 Å². The van der Waals surface area contributed by atoms with Crippen molar-refractivity contribution < 1.29 is 5.11 Å². The van der Waals surface area contributed by atoms with Crippen LogP contribution in [0.25, 0.3) is 10.8 Å². The Kier molecular flexibility index (Phi) is 3.70. The molecule has 90 valence electrons. The van der Waals surface area contributed by atoms with Crippen LogP contribution in [0.15, 0.2) is 36.4 Å². The largest absolute Gasteiger partial charge is 0.388 e. The summed E-state index contributed by atoms with van der Waals surface area (Å²) in [5.74, 6) is 0.250. The van der Waals surface area contributed by atoms with Crippen molar-refractivity contribution in [1.82, 2.24) is 0 Å². The van der Waals surface area contributed by atoms with Crippen LogP contribution in [0.3, 0.4) is 0 Å². The van der Waals surface area contributed by atoms with Crippen LogP contribution >= 0.6 is 11.6 Å². The number of rotatable bonds is 3. The zero-order chi connectivity index (χ0) is 12.4. The molecule has 0 heterocycles. The van der Waals surface area contributed by atoms with Gasteiger partial charge in [-0.25, -0.2) is 0 Å². The van der Waals surface area contributed by atoms with Crippen molar-refractivity contribution in [1.29, 1.82) is 0 Å². The number of hydrogen-bond acceptors (Lipinski definition) is 1. The predicted octanol–water partition coefficient (Wildman–Crippen LogP) is 4.57. The van der Waals surface area contributed by atoms with Gasteiger partial charge in [0.1, 0.15) is 0 Å². The van der Waals surface area contributed by atoms with Crippen molar-refractivity contribution in [3.63, 3.8) is 0 Å². The van der Waals surface area contributed by atoms with Gasteiger partial charge in [-0.2, -0.15) is 0 Å². The summed E-state index contributed by atoms with van der Waals surface area (Å²) in [4.78, 5) is 0. The number of halogens is 1. The van der Waals surface area contributed by atoms with Crippen molar-refractivity contribution in [3.05, 3.63) is 47.0 Å². The summed E-state index contributed by atoms with van der Waals surface area (Å²) in [6, 6.07) is 11.7. The average Bonchev–Trinajstić information content (AvgIpc) is 2.38. The number of benzene rings is 2. The first-order valence-corrected chi connectivity index (χ1v) is 6.38. The highest BCUT2D eigenvalue weighted by atomic mass is 35.5. The fourth-order valence-corrected chi connectivity index (χ4v) is 2.30. The maximum atomic E-state index is 10.3. The fourth-order valence-electron chi connectivity index (χ4n) is 2.07. The van der Waals surface area contributed by atoms with E-state index in [1.807, 2.05) is 36.4 Å². The Bertz CT molecular complexity index is 521. The van der Waals surface area contributed by atoms with E-state index >= 15 is 0 Å². The first kappa shape index (κ1) is 12.4. The predicted molar refractivity (Wildman–Crippen MR) is 73.4 cm³/mol. The summed E-state index contributed by atoms with van der Waals surface area (Å²) >= 11 is 6.17. The number of aliphatic hydroxyl groups is 1. The third kappa shape index (κ3) is 2.31. The molecule has 2 heteroatoms. The molecule has 2 unspecified atom stereocenters. The van der Waals surface area contributed by atoms with E-state index in [1.165, 1.54) is 0 Å². The lowest BCUT2D eigenvalue weighted by Gasteiger charge is -2.19. The number of hydrogen-bond donors (Lipinski definition) is 1. The SMILES string of the molecule is CCC(C)C(O)c1ccc(Cl)c2ccccc12. The normalized spacial score (nSPS) is 14.8. The Balaban J connectivity index is 2.59. The molecule has 0 bridgehead atoms. The van der Waals surface area contributed by atoms with E-state index in [-0.39, 0.29) is 5.92 Å². The molecule has 0 aliphatic rings. The van der Waals surface area contributed by atoms with Crippen LogP contribution in [0.1, 0.15) is 31.9 Å². The first-order valence-electron chi connectivity index (χ1n) is 6.00. The van der Waals surface area contributed by atoms with Gasteiger partial charge in [0, 0.05) is 10.4 Å². The van der Waals surface area contributed by atoms with Gasteiger partial charge in [-0.3, -0.25) is 0 Å². The lowest BCUT2D eigenvalue weighted by molar-refractivity contribution is 0.117. The second kappa shape index (κ2) is 5.07. The molecule has 2 rings (SSSR count). The molecular weight excluding hydrogens is 232 g/mol. The second-order valence-corrected chi connectivity index (χ2v) is 4.92. The molecule has 17 heavy (non-hydrogen) atoms. The molecule has 0 aliphatic heterocycles. The molecule has 0 aliphatic carbocycles. The minimum Gasteiger partial charge on any atom is -0.388 e. The highest BCUT2D eigenvalue weighted by Crippen LogP contribution is 2.33. The molecule has 0 fully saturated rings. The Hall–Kier alpha value is -1.05. The van der Waals surface area contributed by atoms with Crippen molar-refractivity contribution in [2.75, 3.05) is 0 Å². The Morgan fingerprint density at radius 1 is 1.12 bits per heavy atom. The molecule has 2 aromatic carbocycles. The van der Waals surface area contributed by atoms with Gasteiger partial charge in [0.05, 0.1) is 6.10 Å². The minimum absolute atomic E-state index is 0.250. The van der Waals surface area contributed by atoms with Gasteiger partial charge < -0.3 is 5.11 Å². The van der Waals surface area contributed by atoms with E-state index in [1.54, 1.807) is 0 Å². The lowest BCUT2D eigenvalue weighted by atomic mass is 9.91. The molecule has 0 amide bonds. The van der Waals surface area contributed by atoms with Crippen molar-refractivity contribution in [3.8, 4) is 0 Å². The molecule has 0 aromatic heterocycles. The Labute approximate surface area is 107 Å². The zero-order valence-electron chi connectivity index (χ0n) is 10.2.